The smallest absolute Gasteiger partial charge is 0.101 e. The van der Waals surface area contributed by atoms with Gasteiger partial charge in [0.1, 0.15) is 5.69 Å². The van der Waals surface area contributed by atoms with Crippen LogP contribution in [0.25, 0.3) is 83.3 Å². The van der Waals surface area contributed by atoms with Crippen LogP contribution < -0.4 is 4.90 Å². The van der Waals surface area contributed by atoms with Gasteiger partial charge in [-0.2, -0.15) is 5.10 Å². The molecule has 13 aromatic rings. The van der Waals surface area contributed by atoms with Gasteiger partial charge in [-0.25, -0.2) is 4.52 Å². The molecule has 11 aromatic carbocycles. The fourth-order valence-electron chi connectivity index (χ4n) is 12.2. The van der Waals surface area contributed by atoms with Gasteiger partial charge in [0.25, 0.3) is 0 Å². The van der Waals surface area contributed by atoms with E-state index in [-0.39, 0.29) is 0 Å². The average Bonchev–Trinajstić information content (AvgIpc) is 4.09. The van der Waals surface area contributed by atoms with E-state index in [0.717, 1.165) is 78.1 Å². The third-order valence-electron chi connectivity index (χ3n) is 15.3. The molecule has 0 bridgehead atoms. The molecule has 14 rings (SSSR count). The lowest BCUT2D eigenvalue weighted by Crippen LogP contribution is -2.28. The molecule has 0 atom stereocenters. The Labute approximate surface area is 437 Å². The van der Waals surface area contributed by atoms with E-state index in [9.17, 15) is 0 Å². The van der Waals surface area contributed by atoms with Crippen molar-refractivity contribution >= 4 is 33.4 Å². The molecular weight excluding hydrogens is 907 g/mol. The van der Waals surface area contributed by atoms with Crippen molar-refractivity contribution in [3.63, 3.8) is 0 Å². The van der Waals surface area contributed by atoms with Crippen molar-refractivity contribution in [2.75, 3.05) is 4.90 Å². The monoisotopic (exact) mass is 955 g/mol. The van der Waals surface area contributed by atoms with Crippen molar-refractivity contribution in [3.05, 3.63) is 320 Å². The Morgan fingerprint density at radius 1 is 0.307 bits per heavy atom. The van der Waals surface area contributed by atoms with Crippen molar-refractivity contribution in [2.24, 2.45) is 0 Å². The molecule has 0 aliphatic heterocycles. The molecule has 2 heterocycles. The second-order valence-corrected chi connectivity index (χ2v) is 19.3. The Bertz CT molecular complexity index is 4170. The van der Waals surface area contributed by atoms with E-state index >= 15 is 0 Å². The van der Waals surface area contributed by atoms with Crippen LogP contribution in [0.1, 0.15) is 22.3 Å². The van der Waals surface area contributed by atoms with Crippen molar-refractivity contribution in [2.45, 2.75) is 5.41 Å². The summed E-state index contributed by atoms with van der Waals surface area (Å²) < 4.78 is 2.20. The zero-order valence-corrected chi connectivity index (χ0v) is 41.1. The summed E-state index contributed by atoms with van der Waals surface area (Å²) in [4.78, 5) is 2.57. The van der Waals surface area contributed by atoms with E-state index in [1.165, 1.54) is 44.5 Å². The Kier molecular flexibility index (Phi) is 10.7. The molecule has 75 heavy (non-hydrogen) atoms. The number of hydrogen-bond donors (Lipinski definition) is 0. The summed E-state index contributed by atoms with van der Waals surface area (Å²) in [5, 5.41) is 7.82. The first-order valence-corrected chi connectivity index (χ1v) is 25.8. The van der Waals surface area contributed by atoms with Gasteiger partial charge in [-0.3, -0.25) is 0 Å². The van der Waals surface area contributed by atoms with E-state index in [0.29, 0.717) is 0 Å². The van der Waals surface area contributed by atoms with Crippen LogP contribution in [0.4, 0.5) is 17.1 Å². The minimum atomic E-state index is -0.600. The Hall–Kier alpha value is -9.83. The van der Waals surface area contributed by atoms with Crippen LogP contribution in [-0.4, -0.2) is 9.61 Å². The molecule has 0 radical (unpaired) electrons. The molecule has 0 unspecified atom stereocenters. The third kappa shape index (κ3) is 7.08. The normalized spacial score (nSPS) is 12.4. The average molecular weight is 956 g/mol. The van der Waals surface area contributed by atoms with Crippen molar-refractivity contribution in [1.82, 2.24) is 9.61 Å². The number of para-hydroxylation sites is 1. The van der Waals surface area contributed by atoms with Gasteiger partial charge in [0.05, 0.1) is 33.7 Å². The zero-order valence-electron chi connectivity index (χ0n) is 41.1. The van der Waals surface area contributed by atoms with Crippen LogP contribution in [0.2, 0.25) is 0 Å². The van der Waals surface area contributed by atoms with Gasteiger partial charge in [0.2, 0.25) is 0 Å². The van der Waals surface area contributed by atoms with E-state index < -0.39 is 5.41 Å². The van der Waals surface area contributed by atoms with Gasteiger partial charge >= 0.3 is 0 Å². The van der Waals surface area contributed by atoms with Crippen LogP contribution in [0.3, 0.4) is 0 Å². The lowest BCUT2D eigenvalue weighted by atomic mass is 9.68. The Balaban J connectivity index is 1.14. The predicted molar refractivity (Wildman–Crippen MR) is 312 cm³/mol. The molecule has 0 N–H and O–H groups in total. The second-order valence-electron chi connectivity index (χ2n) is 19.3. The number of rotatable bonds is 10. The highest BCUT2D eigenvalue weighted by molar-refractivity contribution is 6.14. The number of hydrogen-bond acceptors (Lipinski definition) is 2. The number of nitrogens with zero attached hydrogens (tertiary/aromatic N) is 3. The minimum Gasteiger partial charge on any atom is -0.309 e. The topological polar surface area (TPSA) is 20.5 Å². The molecule has 3 nitrogen and oxygen atoms in total. The van der Waals surface area contributed by atoms with Gasteiger partial charge in [0, 0.05) is 38.6 Å². The standard InChI is InChI=1S/C72H49N3/c1-7-27-50(28-8-1)56-39-19-20-40-57(56)58-41-22-24-46-64(58)74(66-48-26-45-63-69(66)60-42-21-23-44-62(60)72(63,54-35-15-5-16-36-54)55-37-17-6-18-38-55)65-47-25-43-59-61(65)49-67(51-29-9-2-10-30-51)75-71(59)68(52-31-11-3-12-32-52)70(73-75)53-33-13-4-14-34-53/h1-49H. The maximum atomic E-state index is 5.62. The van der Waals surface area contributed by atoms with Crippen molar-refractivity contribution in [1.29, 1.82) is 0 Å². The van der Waals surface area contributed by atoms with Gasteiger partial charge in [-0.05, 0) is 74.3 Å². The first-order valence-electron chi connectivity index (χ1n) is 25.8. The fraction of sp³-hybridized carbons (Fsp3) is 0.0139. The lowest BCUT2D eigenvalue weighted by molar-refractivity contribution is 0.768. The van der Waals surface area contributed by atoms with Gasteiger partial charge < -0.3 is 4.90 Å². The molecule has 0 amide bonds. The van der Waals surface area contributed by atoms with E-state index in [1.807, 2.05) is 0 Å². The number of pyridine rings is 1. The van der Waals surface area contributed by atoms with Crippen LogP contribution in [0, 0.1) is 0 Å². The zero-order chi connectivity index (χ0) is 49.7. The number of anilines is 3. The molecule has 0 fully saturated rings. The first-order chi connectivity index (χ1) is 37.3. The highest BCUT2D eigenvalue weighted by Crippen LogP contribution is 2.60. The second kappa shape index (κ2) is 18.3. The lowest BCUT2D eigenvalue weighted by Gasteiger charge is -2.35. The van der Waals surface area contributed by atoms with Crippen LogP contribution in [0.5, 0.6) is 0 Å². The molecule has 0 saturated heterocycles. The van der Waals surface area contributed by atoms with Crippen molar-refractivity contribution in [3.8, 4) is 67.0 Å². The largest absolute Gasteiger partial charge is 0.309 e. The molecule has 352 valence electrons. The maximum Gasteiger partial charge on any atom is 0.101 e. The number of benzene rings is 11. The van der Waals surface area contributed by atoms with Crippen LogP contribution >= 0.6 is 0 Å². The minimum absolute atomic E-state index is 0.600. The number of aromatic nitrogens is 2. The van der Waals surface area contributed by atoms with E-state index in [1.54, 1.807) is 0 Å². The number of fused-ring (bicyclic) bond motifs is 6. The summed E-state index contributed by atoms with van der Waals surface area (Å²) in [5.41, 5.74) is 22.0. The fourth-order valence-corrected chi connectivity index (χ4v) is 12.2. The van der Waals surface area contributed by atoms with E-state index in [2.05, 4.69) is 307 Å². The molecule has 2 aromatic heterocycles. The summed E-state index contributed by atoms with van der Waals surface area (Å²) >= 11 is 0. The SMILES string of the molecule is c1ccc(-c2ccccc2-c2ccccc2N(c2cccc3c2-c2ccccc2C3(c2ccccc2)c2ccccc2)c2cccc3c2cc(-c2ccccc2)n2nc(-c4ccccc4)c(-c4ccccc4)c32)cc1. The molecule has 1 aliphatic rings. The molecule has 1 aliphatic carbocycles. The van der Waals surface area contributed by atoms with Crippen molar-refractivity contribution < 1.29 is 0 Å². The molecule has 3 heteroatoms. The van der Waals surface area contributed by atoms with Gasteiger partial charge in [0.15, 0.2) is 0 Å². The summed E-state index contributed by atoms with van der Waals surface area (Å²) in [5.74, 6) is 0. The highest BCUT2D eigenvalue weighted by atomic mass is 15.2. The summed E-state index contributed by atoms with van der Waals surface area (Å²) in [6, 6.07) is 108. The van der Waals surface area contributed by atoms with Crippen LogP contribution in [0.15, 0.2) is 297 Å². The van der Waals surface area contributed by atoms with Gasteiger partial charge in [-0.15, -0.1) is 0 Å². The predicted octanol–water partition coefficient (Wildman–Crippen LogP) is 18.7. The third-order valence-corrected chi connectivity index (χ3v) is 15.3. The molecule has 0 saturated carbocycles. The summed E-state index contributed by atoms with van der Waals surface area (Å²) in [6.45, 7) is 0. The van der Waals surface area contributed by atoms with Crippen LogP contribution in [-0.2, 0) is 5.41 Å². The Morgan fingerprint density at radius 2 is 0.773 bits per heavy atom. The molecular formula is C72H49N3. The van der Waals surface area contributed by atoms with Gasteiger partial charge in [-0.1, -0.05) is 273 Å². The highest BCUT2D eigenvalue weighted by Gasteiger charge is 2.47. The van der Waals surface area contributed by atoms with E-state index in [4.69, 9.17) is 5.10 Å². The maximum absolute atomic E-state index is 5.62. The quantitative estimate of drug-likeness (QED) is 0.136. The summed E-state index contributed by atoms with van der Waals surface area (Å²) in [7, 11) is 0. The molecule has 0 spiro atoms. The Morgan fingerprint density at radius 3 is 1.43 bits per heavy atom. The first kappa shape index (κ1) is 43.9. The summed E-state index contributed by atoms with van der Waals surface area (Å²) in [6.07, 6.45) is 0.